The van der Waals surface area contributed by atoms with Crippen LogP contribution in [0.3, 0.4) is 0 Å². The number of aldehydes is 1. The van der Waals surface area contributed by atoms with Crippen molar-refractivity contribution in [2.45, 2.75) is 12.3 Å². The average molecular weight is 165 g/mol. The maximum Gasteiger partial charge on any atom is 0.166 e. The number of hydrogen-bond donors (Lipinski definition) is 1. The van der Waals surface area contributed by atoms with Crippen LogP contribution in [0.5, 0.6) is 0 Å². The Hall–Kier alpha value is -1.09. The number of nitrogens with one attached hydrogen (secondary N) is 1. The standard InChI is InChI=1S/C9H11NO2/c11-5-8-1-2-9(10-8)7-3-4-12-6-7/h1-2,5,7,10H,3-4,6H2. The Bertz CT molecular complexity index is 274. The normalized spacial score (nSPS) is 22.8. The predicted molar refractivity (Wildman–Crippen MR) is 44.4 cm³/mol. The van der Waals surface area contributed by atoms with Crippen molar-refractivity contribution in [2.24, 2.45) is 0 Å². The van der Waals surface area contributed by atoms with E-state index < -0.39 is 0 Å². The minimum absolute atomic E-state index is 0.457. The quantitative estimate of drug-likeness (QED) is 0.672. The molecule has 1 aliphatic rings. The summed E-state index contributed by atoms with van der Waals surface area (Å²) in [5.41, 5.74) is 1.77. The maximum absolute atomic E-state index is 10.4. The van der Waals surface area contributed by atoms with E-state index in [9.17, 15) is 4.79 Å². The van der Waals surface area contributed by atoms with Crippen LogP contribution in [0.1, 0.15) is 28.5 Å². The fourth-order valence-electron chi connectivity index (χ4n) is 1.52. The van der Waals surface area contributed by atoms with Crippen molar-refractivity contribution < 1.29 is 9.53 Å². The van der Waals surface area contributed by atoms with Gasteiger partial charge < -0.3 is 9.72 Å². The second-order valence-corrected chi connectivity index (χ2v) is 3.05. The van der Waals surface area contributed by atoms with Crippen molar-refractivity contribution in [2.75, 3.05) is 13.2 Å². The molecule has 0 aliphatic carbocycles. The predicted octanol–water partition coefficient (Wildman–Crippen LogP) is 1.33. The van der Waals surface area contributed by atoms with Crippen LogP contribution in [-0.2, 0) is 4.74 Å². The van der Waals surface area contributed by atoms with Gasteiger partial charge in [0.1, 0.15) is 0 Å². The summed E-state index contributed by atoms with van der Waals surface area (Å²) < 4.78 is 5.25. The zero-order valence-corrected chi connectivity index (χ0v) is 6.75. The van der Waals surface area contributed by atoms with Gasteiger partial charge in [0.15, 0.2) is 6.29 Å². The van der Waals surface area contributed by atoms with Crippen LogP contribution in [-0.4, -0.2) is 24.5 Å². The third-order valence-electron chi connectivity index (χ3n) is 2.23. The first-order chi connectivity index (χ1) is 5.90. The number of hydrogen-bond acceptors (Lipinski definition) is 2. The van der Waals surface area contributed by atoms with Crippen LogP contribution >= 0.6 is 0 Å². The number of rotatable bonds is 2. The Kier molecular flexibility index (Phi) is 1.96. The van der Waals surface area contributed by atoms with Crippen LogP contribution in [0.25, 0.3) is 0 Å². The Morgan fingerprint density at radius 2 is 2.50 bits per heavy atom. The van der Waals surface area contributed by atoms with E-state index in [4.69, 9.17) is 4.74 Å². The van der Waals surface area contributed by atoms with Crippen LogP contribution < -0.4 is 0 Å². The van der Waals surface area contributed by atoms with Crippen LogP contribution in [0.4, 0.5) is 0 Å². The summed E-state index contributed by atoms with van der Waals surface area (Å²) in [4.78, 5) is 13.4. The largest absolute Gasteiger partial charge is 0.381 e. The van der Waals surface area contributed by atoms with Gasteiger partial charge in [0, 0.05) is 18.2 Å². The first kappa shape index (κ1) is 7.55. The third-order valence-corrected chi connectivity index (χ3v) is 2.23. The second kappa shape index (κ2) is 3.11. The molecule has 12 heavy (non-hydrogen) atoms. The van der Waals surface area contributed by atoms with Crippen molar-refractivity contribution in [1.82, 2.24) is 4.98 Å². The SMILES string of the molecule is O=Cc1ccc(C2CCOC2)[nH]1. The van der Waals surface area contributed by atoms with Crippen molar-refractivity contribution in [3.05, 3.63) is 23.5 Å². The highest BCUT2D eigenvalue weighted by Crippen LogP contribution is 2.23. The smallest absolute Gasteiger partial charge is 0.166 e. The first-order valence-electron chi connectivity index (χ1n) is 4.12. The molecule has 2 heterocycles. The molecular weight excluding hydrogens is 154 g/mol. The highest BCUT2D eigenvalue weighted by atomic mass is 16.5. The molecule has 0 radical (unpaired) electrons. The zero-order chi connectivity index (χ0) is 8.39. The minimum Gasteiger partial charge on any atom is -0.381 e. The van der Waals surface area contributed by atoms with Gasteiger partial charge in [-0.25, -0.2) is 0 Å². The lowest BCUT2D eigenvalue weighted by molar-refractivity contribution is 0.111. The third kappa shape index (κ3) is 1.28. The van der Waals surface area contributed by atoms with Gasteiger partial charge in [-0.3, -0.25) is 4.79 Å². The molecule has 0 amide bonds. The number of aromatic amines is 1. The van der Waals surface area contributed by atoms with E-state index >= 15 is 0 Å². The van der Waals surface area contributed by atoms with E-state index in [0.29, 0.717) is 11.6 Å². The molecule has 1 aromatic heterocycles. The summed E-state index contributed by atoms with van der Waals surface area (Å²) in [6.07, 6.45) is 1.89. The van der Waals surface area contributed by atoms with E-state index in [-0.39, 0.29) is 0 Å². The van der Waals surface area contributed by atoms with Gasteiger partial charge in [-0.05, 0) is 18.6 Å². The summed E-state index contributed by atoms with van der Waals surface area (Å²) in [6, 6.07) is 3.77. The Morgan fingerprint density at radius 3 is 3.08 bits per heavy atom. The van der Waals surface area contributed by atoms with Crippen LogP contribution in [0, 0.1) is 0 Å². The Labute approximate surface area is 70.7 Å². The van der Waals surface area contributed by atoms with Crippen molar-refractivity contribution >= 4 is 6.29 Å². The van der Waals surface area contributed by atoms with E-state index in [2.05, 4.69) is 4.98 Å². The molecule has 2 rings (SSSR count). The molecule has 0 bridgehead atoms. The highest BCUT2D eigenvalue weighted by molar-refractivity contribution is 5.72. The lowest BCUT2D eigenvalue weighted by atomic mass is 10.1. The second-order valence-electron chi connectivity index (χ2n) is 3.05. The Balaban J connectivity index is 2.16. The molecule has 1 aromatic rings. The first-order valence-corrected chi connectivity index (χ1v) is 4.12. The van der Waals surface area contributed by atoms with Crippen molar-refractivity contribution in [1.29, 1.82) is 0 Å². The van der Waals surface area contributed by atoms with Crippen molar-refractivity contribution in [3.63, 3.8) is 0 Å². The number of ether oxygens (including phenoxy) is 1. The van der Waals surface area contributed by atoms with Gasteiger partial charge in [0.2, 0.25) is 0 Å². The minimum atomic E-state index is 0.457. The molecule has 1 atom stereocenters. The molecule has 1 aliphatic heterocycles. The summed E-state index contributed by atoms with van der Waals surface area (Å²) in [7, 11) is 0. The van der Waals surface area contributed by atoms with E-state index in [1.165, 1.54) is 0 Å². The monoisotopic (exact) mass is 165 g/mol. The molecule has 3 heteroatoms. The Morgan fingerprint density at radius 1 is 1.58 bits per heavy atom. The van der Waals surface area contributed by atoms with E-state index in [0.717, 1.165) is 31.6 Å². The van der Waals surface area contributed by atoms with Crippen molar-refractivity contribution in [3.8, 4) is 0 Å². The zero-order valence-electron chi connectivity index (χ0n) is 6.75. The summed E-state index contributed by atoms with van der Waals surface area (Å²) in [6.45, 7) is 1.61. The van der Waals surface area contributed by atoms with Gasteiger partial charge in [0.25, 0.3) is 0 Å². The van der Waals surface area contributed by atoms with Gasteiger partial charge in [-0.2, -0.15) is 0 Å². The van der Waals surface area contributed by atoms with Crippen LogP contribution in [0.15, 0.2) is 12.1 Å². The van der Waals surface area contributed by atoms with Crippen LogP contribution in [0.2, 0.25) is 0 Å². The molecule has 1 saturated heterocycles. The van der Waals surface area contributed by atoms with E-state index in [1.807, 2.05) is 6.07 Å². The number of aromatic nitrogens is 1. The fraction of sp³-hybridized carbons (Fsp3) is 0.444. The number of carbonyl (C=O) groups is 1. The lowest BCUT2D eigenvalue weighted by Crippen LogP contribution is -1.97. The molecule has 1 fully saturated rings. The maximum atomic E-state index is 10.4. The molecular formula is C9H11NO2. The molecule has 0 saturated carbocycles. The summed E-state index contributed by atoms with van der Waals surface area (Å²) in [5.74, 6) is 0.457. The highest BCUT2D eigenvalue weighted by Gasteiger charge is 2.18. The van der Waals surface area contributed by atoms with E-state index in [1.54, 1.807) is 6.07 Å². The fourth-order valence-corrected chi connectivity index (χ4v) is 1.52. The molecule has 1 N–H and O–H groups in total. The number of H-pyrrole nitrogens is 1. The molecule has 0 spiro atoms. The molecule has 3 nitrogen and oxygen atoms in total. The average Bonchev–Trinajstić information content (AvgIpc) is 2.75. The molecule has 0 aromatic carbocycles. The number of carbonyl (C=O) groups excluding carboxylic acids is 1. The van der Waals surface area contributed by atoms with Gasteiger partial charge in [-0.1, -0.05) is 0 Å². The molecule has 1 unspecified atom stereocenters. The van der Waals surface area contributed by atoms with Gasteiger partial charge >= 0.3 is 0 Å². The summed E-state index contributed by atoms with van der Waals surface area (Å²) >= 11 is 0. The lowest BCUT2D eigenvalue weighted by Gasteiger charge is -2.02. The van der Waals surface area contributed by atoms with Gasteiger partial charge in [-0.15, -0.1) is 0 Å². The van der Waals surface area contributed by atoms with Gasteiger partial charge in [0.05, 0.1) is 12.3 Å². The summed E-state index contributed by atoms with van der Waals surface area (Å²) in [5, 5.41) is 0. The molecule has 64 valence electrons. The topological polar surface area (TPSA) is 42.1 Å².